The molecule has 2 aliphatic heterocycles. The lowest BCUT2D eigenvalue weighted by molar-refractivity contribution is -0.359. The molecule has 0 saturated carbocycles. The van der Waals surface area contributed by atoms with E-state index in [0.717, 1.165) is 109 Å². The van der Waals surface area contributed by atoms with Gasteiger partial charge in [-0.1, -0.05) is 352 Å². The zero-order valence-corrected chi connectivity index (χ0v) is 65.5. The molecule has 12 atom stereocenters. The molecule has 9 N–H and O–H groups in total. The van der Waals surface area contributed by atoms with E-state index in [9.17, 15) is 45.6 Å². The number of hydrogen-bond acceptors (Lipinski definition) is 13. The van der Waals surface area contributed by atoms with E-state index in [-0.39, 0.29) is 18.9 Å². The minimum absolute atomic E-state index is 0.255. The standard InChI is InChI=1S/C90H153NO13/c1-3-5-7-9-11-13-15-17-19-21-23-25-27-29-31-33-35-36-37-38-39-40-41-42-44-46-48-50-52-54-56-58-60-62-64-66-68-70-72-74-82(95)91-78(77-101-89-87(100)85(98)88(81(76-93)103-89)104-90-86(99)84(97)83(96)80(75-92)102-90)79(94)73-71-69-67-65-63-61-59-57-55-53-51-49-47-45-43-34-32-30-28-26-24-22-20-18-16-14-12-10-8-6-4-2/h5,7,11,13,17,19,23,25,29,31,35-36,38-39,41-42,46,48,52,54,63,65,71,73,78-81,83-90,92-94,96-100H,3-4,6,8-10,12,14-16,18,20-22,24,26-28,30,32-34,37,40,43-45,47,49-51,53,55-62,64,66-70,72,74-77H2,1-2H3,(H,91,95)/b7-5-,13-11-,19-17-,25-23-,31-29-,36-35-,39-38-,42-41-,48-46-,54-52-,65-63+,73-71+. The number of carbonyl (C=O) groups is 1. The second-order valence-corrected chi connectivity index (χ2v) is 28.9. The van der Waals surface area contributed by atoms with Crippen molar-refractivity contribution in [2.75, 3.05) is 19.8 Å². The van der Waals surface area contributed by atoms with Crippen molar-refractivity contribution in [3.8, 4) is 0 Å². The smallest absolute Gasteiger partial charge is 0.220 e. The Morgan fingerprint density at radius 1 is 0.356 bits per heavy atom. The maximum atomic E-state index is 13.4. The van der Waals surface area contributed by atoms with Crippen LogP contribution in [0.25, 0.3) is 0 Å². The quantitative estimate of drug-likeness (QED) is 0.0204. The lowest BCUT2D eigenvalue weighted by Crippen LogP contribution is -2.65. The molecule has 2 aliphatic rings. The number of aliphatic hydroxyl groups excluding tert-OH is 8. The van der Waals surface area contributed by atoms with Crippen LogP contribution in [-0.4, -0.2) is 140 Å². The third-order valence-corrected chi connectivity index (χ3v) is 19.5. The maximum absolute atomic E-state index is 13.4. The van der Waals surface area contributed by atoms with Crippen molar-refractivity contribution >= 4 is 5.91 Å². The molecule has 0 spiro atoms. The Morgan fingerprint density at radius 3 is 1.06 bits per heavy atom. The molecule has 2 saturated heterocycles. The third kappa shape index (κ3) is 53.6. The molecule has 104 heavy (non-hydrogen) atoms. The van der Waals surface area contributed by atoms with Gasteiger partial charge in [0.25, 0.3) is 0 Å². The molecule has 0 aromatic rings. The number of carbonyl (C=O) groups excluding carboxylic acids is 1. The first-order valence-corrected chi connectivity index (χ1v) is 42.1. The van der Waals surface area contributed by atoms with Crippen LogP contribution in [0.4, 0.5) is 0 Å². The largest absolute Gasteiger partial charge is 0.394 e. The van der Waals surface area contributed by atoms with E-state index in [4.69, 9.17) is 18.9 Å². The Labute approximate surface area is 633 Å². The summed E-state index contributed by atoms with van der Waals surface area (Å²) in [5.41, 5.74) is 0. The van der Waals surface area contributed by atoms with E-state index in [1.807, 2.05) is 6.08 Å². The van der Waals surface area contributed by atoms with Gasteiger partial charge in [-0.2, -0.15) is 0 Å². The van der Waals surface area contributed by atoms with Gasteiger partial charge in [-0.15, -0.1) is 0 Å². The van der Waals surface area contributed by atoms with Crippen molar-refractivity contribution in [1.29, 1.82) is 0 Å². The van der Waals surface area contributed by atoms with Crippen molar-refractivity contribution in [3.63, 3.8) is 0 Å². The predicted molar refractivity (Wildman–Crippen MR) is 433 cm³/mol. The summed E-state index contributed by atoms with van der Waals surface area (Å²) in [4.78, 5) is 13.4. The van der Waals surface area contributed by atoms with E-state index in [1.165, 1.54) is 180 Å². The Kier molecular flexibility index (Phi) is 66.2. The maximum Gasteiger partial charge on any atom is 0.220 e. The van der Waals surface area contributed by atoms with Crippen LogP contribution in [0.2, 0.25) is 0 Å². The van der Waals surface area contributed by atoms with Gasteiger partial charge < -0.3 is 65.1 Å². The lowest BCUT2D eigenvalue weighted by Gasteiger charge is -2.46. The topological polar surface area (TPSA) is 228 Å². The van der Waals surface area contributed by atoms with Gasteiger partial charge in [0.15, 0.2) is 12.6 Å². The van der Waals surface area contributed by atoms with Crippen molar-refractivity contribution in [1.82, 2.24) is 5.32 Å². The fraction of sp³-hybridized carbons (Fsp3) is 0.722. The van der Waals surface area contributed by atoms with E-state index < -0.39 is 86.8 Å². The second-order valence-electron chi connectivity index (χ2n) is 28.9. The van der Waals surface area contributed by atoms with Crippen molar-refractivity contribution in [2.24, 2.45) is 0 Å². The number of ether oxygens (including phenoxy) is 4. The highest BCUT2D eigenvalue weighted by Gasteiger charge is 2.51. The number of amides is 1. The molecule has 2 rings (SSSR count). The van der Waals surface area contributed by atoms with E-state index in [2.05, 4.69) is 153 Å². The normalized spacial score (nSPS) is 22.2. The SMILES string of the molecule is CC/C=C\C/C=C\C/C=C\C/C=C\C/C=C\C/C=C\C/C=C\C/C=C\C/C=C\C/C=C\CCCCCCCCCCC(=O)NC(COC1OC(CO)C(OC2OC(CO)C(O)C(O)C2O)C(O)C1O)C(O)/C=C/CC/C=C/CCCCCCCCCCCCCCCCCCCCCCCCCCC. The highest BCUT2D eigenvalue weighted by atomic mass is 16.7. The van der Waals surface area contributed by atoms with Crippen LogP contribution < -0.4 is 5.32 Å². The lowest BCUT2D eigenvalue weighted by atomic mass is 9.97. The first kappa shape index (κ1) is 95.9. The minimum atomic E-state index is -1.80. The summed E-state index contributed by atoms with van der Waals surface area (Å²) in [7, 11) is 0. The molecule has 0 aliphatic carbocycles. The van der Waals surface area contributed by atoms with E-state index in [0.29, 0.717) is 12.8 Å². The summed E-state index contributed by atoms with van der Waals surface area (Å²) >= 11 is 0. The number of nitrogens with one attached hydrogen (secondary N) is 1. The number of aliphatic hydroxyl groups is 8. The molecule has 12 unspecified atom stereocenters. The van der Waals surface area contributed by atoms with Crippen LogP contribution in [-0.2, 0) is 23.7 Å². The van der Waals surface area contributed by atoms with Crippen molar-refractivity contribution in [3.05, 3.63) is 146 Å². The zero-order valence-electron chi connectivity index (χ0n) is 65.5. The summed E-state index contributed by atoms with van der Waals surface area (Å²) in [6.45, 7) is 2.69. The van der Waals surface area contributed by atoms with Crippen molar-refractivity contribution in [2.45, 2.75) is 396 Å². The van der Waals surface area contributed by atoms with Crippen LogP contribution in [0.3, 0.4) is 0 Å². The van der Waals surface area contributed by atoms with Crippen LogP contribution >= 0.6 is 0 Å². The number of rotatable bonds is 69. The Hall–Kier alpha value is -4.13. The van der Waals surface area contributed by atoms with Gasteiger partial charge in [0, 0.05) is 6.42 Å². The molecule has 1 amide bonds. The second kappa shape index (κ2) is 71.8. The minimum Gasteiger partial charge on any atom is -0.394 e. The Balaban J connectivity index is 1.64. The van der Waals surface area contributed by atoms with E-state index >= 15 is 0 Å². The molecular weight excluding hydrogens is 1300 g/mol. The molecular formula is C90H153NO13. The molecule has 2 fully saturated rings. The third-order valence-electron chi connectivity index (χ3n) is 19.5. The average molecular weight is 1460 g/mol. The molecule has 0 aromatic heterocycles. The molecule has 596 valence electrons. The highest BCUT2D eigenvalue weighted by Crippen LogP contribution is 2.30. The van der Waals surface area contributed by atoms with Crippen LogP contribution in [0.5, 0.6) is 0 Å². The van der Waals surface area contributed by atoms with Gasteiger partial charge in [-0.05, 0) is 109 Å². The molecule has 14 nitrogen and oxygen atoms in total. The first-order chi connectivity index (χ1) is 51.1. The van der Waals surface area contributed by atoms with E-state index in [1.54, 1.807) is 6.08 Å². The van der Waals surface area contributed by atoms with Crippen molar-refractivity contribution < 1.29 is 64.6 Å². The monoisotopic (exact) mass is 1460 g/mol. The summed E-state index contributed by atoms with van der Waals surface area (Å²) in [5, 5.41) is 87.7. The molecule has 2 heterocycles. The average Bonchev–Trinajstić information content (AvgIpc) is 0.791. The first-order valence-electron chi connectivity index (χ1n) is 42.1. The Bertz CT molecular complexity index is 2320. The number of hydrogen-bond donors (Lipinski definition) is 9. The Morgan fingerprint density at radius 2 is 0.673 bits per heavy atom. The summed E-state index contributed by atoms with van der Waals surface area (Å²) in [6, 6.07) is -0.949. The molecule has 0 aromatic carbocycles. The van der Waals surface area contributed by atoms with Gasteiger partial charge in [-0.3, -0.25) is 4.79 Å². The van der Waals surface area contributed by atoms with Gasteiger partial charge >= 0.3 is 0 Å². The fourth-order valence-electron chi connectivity index (χ4n) is 12.9. The molecule has 14 heteroatoms. The summed E-state index contributed by atoms with van der Waals surface area (Å²) < 4.78 is 22.9. The van der Waals surface area contributed by atoms with Gasteiger partial charge in [-0.25, -0.2) is 0 Å². The zero-order chi connectivity index (χ0) is 75.1. The number of unbranched alkanes of at least 4 members (excludes halogenated alkanes) is 34. The number of allylic oxidation sites excluding steroid dienone is 23. The summed E-state index contributed by atoms with van der Waals surface area (Å²) in [5.74, 6) is -0.260. The van der Waals surface area contributed by atoms with Gasteiger partial charge in [0.2, 0.25) is 5.91 Å². The summed E-state index contributed by atoms with van der Waals surface area (Å²) in [6.07, 6.45) is 92.2. The van der Waals surface area contributed by atoms with Gasteiger partial charge in [0.05, 0.1) is 32.0 Å². The fourth-order valence-corrected chi connectivity index (χ4v) is 12.9. The van der Waals surface area contributed by atoms with Crippen LogP contribution in [0.15, 0.2) is 146 Å². The predicted octanol–water partition coefficient (Wildman–Crippen LogP) is 19.9. The molecule has 0 radical (unpaired) electrons. The van der Waals surface area contributed by atoms with Crippen LogP contribution in [0, 0.1) is 0 Å². The van der Waals surface area contributed by atoms with Crippen LogP contribution in [0.1, 0.15) is 322 Å². The molecule has 0 bridgehead atoms. The van der Waals surface area contributed by atoms with Gasteiger partial charge in [0.1, 0.15) is 48.8 Å². The highest BCUT2D eigenvalue weighted by molar-refractivity contribution is 5.76.